The van der Waals surface area contributed by atoms with Gasteiger partial charge in [-0.1, -0.05) is 42.1 Å². The Balaban J connectivity index is 1.37. The van der Waals surface area contributed by atoms with Gasteiger partial charge in [-0.05, 0) is 67.1 Å². The molecule has 2 heterocycles. The van der Waals surface area contributed by atoms with Gasteiger partial charge in [0.2, 0.25) is 17.7 Å². The van der Waals surface area contributed by atoms with Crippen molar-refractivity contribution in [3.8, 4) is 6.07 Å². The number of hydrogen-bond acceptors (Lipinski definition) is 7. The van der Waals surface area contributed by atoms with Gasteiger partial charge < -0.3 is 10.2 Å². The summed E-state index contributed by atoms with van der Waals surface area (Å²) in [6.45, 7) is 1.55. The second-order valence-electron chi connectivity index (χ2n) is 10.1. The number of carbonyl (C=O) groups excluding carboxylic acids is 4. The lowest BCUT2D eigenvalue weighted by atomic mass is 9.95. The van der Waals surface area contributed by atoms with Gasteiger partial charge in [0, 0.05) is 24.8 Å². The second-order valence-corrected chi connectivity index (χ2v) is 11.0. The first-order valence-electron chi connectivity index (χ1n) is 13.5. The number of nitrogens with one attached hydrogen (secondary N) is 1. The molecule has 1 saturated heterocycles. The third kappa shape index (κ3) is 6.31. The molecular formula is C31H29N5O4S. The van der Waals surface area contributed by atoms with Crippen molar-refractivity contribution in [2.24, 2.45) is 0 Å². The topological polar surface area (TPSA) is 123 Å². The molecule has 0 saturated carbocycles. The molecular weight excluding hydrogens is 538 g/mol. The number of nitrogens with zero attached hydrogens (tertiary/aromatic N) is 4. The van der Waals surface area contributed by atoms with Crippen LogP contribution in [0.4, 0.5) is 11.4 Å². The molecule has 4 amide bonds. The lowest BCUT2D eigenvalue weighted by Gasteiger charge is -2.28. The van der Waals surface area contributed by atoms with E-state index < -0.39 is 17.9 Å². The van der Waals surface area contributed by atoms with Crippen LogP contribution >= 0.6 is 11.8 Å². The normalized spacial score (nSPS) is 16.2. The molecule has 208 valence electrons. The van der Waals surface area contributed by atoms with Crippen LogP contribution < -0.4 is 10.2 Å². The Bertz CT molecular complexity index is 1530. The van der Waals surface area contributed by atoms with E-state index in [-0.39, 0.29) is 30.5 Å². The smallest absolute Gasteiger partial charge is 0.257 e. The minimum atomic E-state index is -0.974. The Morgan fingerprint density at radius 3 is 2.54 bits per heavy atom. The number of nitriles is 1. The van der Waals surface area contributed by atoms with Crippen LogP contribution in [0.25, 0.3) is 0 Å². The molecule has 3 aromatic rings. The molecule has 1 unspecified atom stereocenters. The van der Waals surface area contributed by atoms with Crippen LogP contribution in [0.2, 0.25) is 0 Å². The first-order chi connectivity index (χ1) is 19.8. The minimum absolute atomic E-state index is 0.0311. The number of thioether (sulfide) groups is 1. The van der Waals surface area contributed by atoms with Crippen molar-refractivity contribution in [3.63, 3.8) is 0 Å². The van der Waals surface area contributed by atoms with Crippen LogP contribution in [-0.2, 0) is 38.6 Å². The fraction of sp³-hybridized carbons (Fsp3) is 0.290. The van der Waals surface area contributed by atoms with Crippen LogP contribution in [0.5, 0.6) is 0 Å². The number of benzene rings is 2. The monoisotopic (exact) mass is 567 g/mol. The van der Waals surface area contributed by atoms with E-state index in [1.54, 1.807) is 24.3 Å². The Kier molecular flexibility index (Phi) is 8.45. The van der Waals surface area contributed by atoms with E-state index in [0.717, 1.165) is 47.4 Å². The Morgan fingerprint density at radius 1 is 1.10 bits per heavy atom. The number of fused-ring (bicyclic) bond motifs is 1. The molecule has 10 heteroatoms. The van der Waals surface area contributed by atoms with Crippen molar-refractivity contribution in [3.05, 3.63) is 83.0 Å². The van der Waals surface area contributed by atoms with Crippen molar-refractivity contribution in [1.29, 1.82) is 5.26 Å². The molecule has 1 aliphatic carbocycles. The van der Waals surface area contributed by atoms with Crippen molar-refractivity contribution >= 4 is 46.8 Å². The lowest BCUT2D eigenvalue weighted by Crippen LogP contribution is -2.45. The molecule has 2 aromatic carbocycles. The number of amides is 4. The third-order valence-electron chi connectivity index (χ3n) is 7.18. The maximum absolute atomic E-state index is 13.7. The quantitative estimate of drug-likeness (QED) is 0.319. The molecule has 1 aliphatic heterocycles. The zero-order chi connectivity index (χ0) is 28.9. The molecule has 0 radical (unpaired) electrons. The average Bonchev–Trinajstić information content (AvgIpc) is 3.27. The summed E-state index contributed by atoms with van der Waals surface area (Å²) in [4.78, 5) is 59.0. The van der Waals surface area contributed by atoms with Crippen molar-refractivity contribution in [1.82, 2.24) is 9.88 Å². The zero-order valence-corrected chi connectivity index (χ0v) is 23.4. The van der Waals surface area contributed by atoms with E-state index in [1.807, 2.05) is 36.4 Å². The standard InChI is InChI=1S/C31H29N5O4S/c1-20(37)33-24-11-13-25(14-12-24)36-28(38)16-27(31(36)40)35(18-21-7-3-2-4-8-21)29(39)19-41-30-23(17-32)15-22-9-5-6-10-26(22)34-30/h2-4,7-8,11-15,27H,5-6,9-10,16,18-19H2,1H3,(H,33,37). The van der Waals surface area contributed by atoms with Crippen LogP contribution in [0.15, 0.2) is 65.7 Å². The molecule has 1 atom stereocenters. The summed E-state index contributed by atoms with van der Waals surface area (Å²) in [5.74, 6) is -1.48. The fourth-order valence-electron chi connectivity index (χ4n) is 5.20. The lowest BCUT2D eigenvalue weighted by molar-refractivity contribution is -0.136. The van der Waals surface area contributed by atoms with Crippen molar-refractivity contribution in [2.45, 2.75) is 56.6 Å². The first kappa shape index (κ1) is 28.1. The Labute approximate surface area is 242 Å². The molecule has 0 spiro atoms. The van der Waals surface area contributed by atoms with Gasteiger partial charge in [-0.3, -0.25) is 19.2 Å². The summed E-state index contributed by atoms with van der Waals surface area (Å²) in [7, 11) is 0. The number of aromatic nitrogens is 1. The number of imide groups is 1. The van der Waals surface area contributed by atoms with Crippen LogP contribution in [0, 0.1) is 11.3 Å². The zero-order valence-electron chi connectivity index (χ0n) is 22.6. The van der Waals surface area contributed by atoms with Crippen molar-refractivity contribution in [2.75, 3.05) is 16.0 Å². The first-order valence-corrected chi connectivity index (χ1v) is 14.5. The molecule has 5 rings (SSSR count). The summed E-state index contributed by atoms with van der Waals surface area (Å²) < 4.78 is 0. The van der Waals surface area contributed by atoms with Gasteiger partial charge in [0.15, 0.2) is 0 Å². The number of pyridine rings is 1. The minimum Gasteiger partial charge on any atom is -0.326 e. The molecule has 2 aliphatic rings. The van der Waals surface area contributed by atoms with Gasteiger partial charge in [-0.2, -0.15) is 5.26 Å². The summed E-state index contributed by atoms with van der Waals surface area (Å²) in [6, 6.07) is 18.8. The third-order valence-corrected chi connectivity index (χ3v) is 8.16. The van der Waals surface area contributed by atoms with E-state index in [4.69, 9.17) is 4.98 Å². The van der Waals surface area contributed by atoms with E-state index in [9.17, 15) is 24.4 Å². The number of anilines is 2. The Morgan fingerprint density at radius 2 is 1.83 bits per heavy atom. The Hall–Kier alpha value is -4.49. The highest BCUT2D eigenvalue weighted by molar-refractivity contribution is 8.00. The predicted octanol–water partition coefficient (Wildman–Crippen LogP) is 4.24. The van der Waals surface area contributed by atoms with Crippen LogP contribution in [-0.4, -0.2) is 45.3 Å². The van der Waals surface area contributed by atoms with E-state index in [2.05, 4.69) is 11.4 Å². The fourth-order valence-corrected chi connectivity index (χ4v) is 6.06. The summed E-state index contributed by atoms with van der Waals surface area (Å²) >= 11 is 1.19. The second kappa shape index (κ2) is 12.4. The highest BCUT2D eigenvalue weighted by atomic mass is 32.2. The summed E-state index contributed by atoms with van der Waals surface area (Å²) in [5, 5.41) is 12.9. The molecule has 9 nitrogen and oxygen atoms in total. The van der Waals surface area contributed by atoms with Gasteiger partial charge in [-0.15, -0.1) is 0 Å². The largest absolute Gasteiger partial charge is 0.326 e. The highest BCUT2D eigenvalue weighted by Gasteiger charge is 2.44. The number of hydrogen-bond donors (Lipinski definition) is 1. The molecule has 0 bridgehead atoms. The SMILES string of the molecule is CC(=O)Nc1ccc(N2C(=O)CC(N(Cc3ccccc3)C(=O)CSc3nc4c(cc3C#N)CCCC4)C2=O)cc1. The van der Waals surface area contributed by atoms with E-state index in [0.29, 0.717) is 22.0 Å². The average molecular weight is 568 g/mol. The molecule has 1 fully saturated rings. The highest BCUT2D eigenvalue weighted by Crippen LogP contribution is 2.30. The summed E-state index contributed by atoms with van der Waals surface area (Å²) in [6.07, 6.45) is 3.72. The number of rotatable bonds is 8. The molecule has 1 aromatic heterocycles. The maximum atomic E-state index is 13.7. The van der Waals surface area contributed by atoms with Crippen LogP contribution in [0.1, 0.15) is 48.6 Å². The van der Waals surface area contributed by atoms with Gasteiger partial charge in [0.05, 0.1) is 23.4 Å². The number of aryl methyl sites for hydroxylation is 2. The van der Waals surface area contributed by atoms with E-state index in [1.165, 1.54) is 23.6 Å². The van der Waals surface area contributed by atoms with Crippen molar-refractivity contribution < 1.29 is 19.2 Å². The van der Waals surface area contributed by atoms with Crippen LogP contribution in [0.3, 0.4) is 0 Å². The molecule has 41 heavy (non-hydrogen) atoms. The van der Waals surface area contributed by atoms with Gasteiger partial charge in [0.25, 0.3) is 5.91 Å². The van der Waals surface area contributed by atoms with Gasteiger partial charge in [-0.25, -0.2) is 9.88 Å². The van der Waals surface area contributed by atoms with Gasteiger partial charge >= 0.3 is 0 Å². The summed E-state index contributed by atoms with van der Waals surface area (Å²) in [5.41, 5.74) is 4.25. The number of carbonyl (C=O) groups is 4. The van der Waals surface area contributed by atoms with E-state index >= 15 is 0 Å². The predicted molar refractivity (Wildman–Crippen MR) is 155 cm³/mol. The van der Waals surface area contributed by atoms with Gasteiger partial charge in [0.1, 0.15) is 17.1 Å². The maximum Gasteiger partial charge on any atom is 0.257 e. The molecule has 1 N–H and O–H groups in total.